The second-order valence-electron chi connectivity index (χ2n) is 5.00. The van der Waals surface area contributed by atoms with Gasteiger partial charge in [-0.3, -0.25) is 9.59 Å². The Morgan fingerprint density at radius 2 is 1.81 bits per heavy atom. The molecule has 0 rings (SSSR count). The first-order valence-electron chi connectivity index (χ1n) is 9.41. The second-order valence-corrected chi connectivity index (χ2v) is 5.00. The summed E-state index contributed by atoms with van der Waals surface area (Å²) in [7, 11) is 0. The molecule has 3 nitrogen and oxygen atoms in total. The fraction of sp³-hybridized carbons (Fsp3) is 0.667. The van der Waals surface area contributed by atoms with Crippen LogP contribution in [0, 0.1) is 0 Å². The van der Waals surface area contributed by atoms with Crippen molar-refractivity contribution in [2.24, 2.45) is 0 Å². The highest BCUT2D eigenvalue weighted by atomic mass is 16.4. The van der Waals surface area contributed by atoms with E-state index in [9.17, 15) is 9.59 Å². The minimum Gasteiger partial charge on any atom is -0.481 e. The smallest absolute Gasteiger partial charge is 0.303 e. The van der Waals surface area contributed by atoms with Crippen molar-refractivity contribution in [3.05, 3.63) is 24.3 Å². The Labute approximate surface area is 133 Å². The summed E-state index contributed by atoms with van der Waals surface area (Å²) in [6.45, 7) is 2.16. The molecule has 0 aromatic carbocycles. The Hall–Kier alpha value is -1.38. The lowest BCUT2D eigenvalue weighted by Crippen LogP contribution is -1.94. The van der Waals surface area contributed by atoms with Crippen molar-refractivity contribution in [2.45, 2.75) is 77.5 Å². The number of hydrogen-bond donors (Lipinski definition) is 1. The quantitative estimate of drug-likeness (QED) is 0.277. The molecule has 0 bridgehead atoms. The zero-order valence-corrected chi connectivity index (χ0v) is 13.0. The van der Waals surface area contributed by atoms with E-state index < -0.39 is 18.7 Å². The van der Waals surface area contributed by atoms with Gasteiger partial charge in [0.05, 0.1) is 0 Å². The predicted octanol–water partition coefficient (Wildman–Crippen LogP) is 5.06. The summed E-state index contributed by atoms with van der Waals surface area (Å²) in [5, 5.41) is 8.70. The summed E-state index contributed by atoms with van der Waals surface area (Å²) < 4.78 is 22.1. The van der Waals surface area contributed by atoms with Crippen molar-refractivity contribution < 1.29 is 18.8 Å². The van der Waals surface area contributed by atoms with Gasteiger partial charge in [0.2, 0.25) is 0 Å². The molecule has 1 unspecified atom stereocenters. The number of unbranched alkanes of at least 4 members (excludes halogenated alkanes) is 5. The van der Waals surface area contributed by atoms with Gasteiger partial charge in [-0.05, 0) is 31.7 Å². The van der Waals surface area contributed by atoms with Gasteiger partial charge in [-0.25, -0.2) is 0 Å². The van der Waals surface area contributed by atoms with E-state index in [4.69, 9.17) is 9.22 Å². The van der Waals surface area contributed by atoms with Crippen LogP contribution in [0.5, 0.6) is 0 Å². The number of ketones is 1. The van der Waals surface area contributed by atoms with Gasteiger partial charge in [0, 0.05) is 16.9 Å². The van der Waals surface area contributed by atoms with E-state index in [1.807, 2.05) is 6.08 Å². The van der Waals surface area contributed by atoms with Crippen molar-refractivity contribution in [3.8, 4) is 0 Å². The van der Waals surface area contributed by atoms with Crippen LogP contribution in [0.15, 0.2) is 24.3 Å². The van der Waals surface area contributed by atoms with Crippen molar-refractivity contribution in [3.63, 3.8) is 0 Å². The van der Waals surface area contributed by atoms with Crippen LogP contribution in [-0.2, 0) is 9.59 Å². The molecule has 0 saturated carbocycles. The molecule has 120 valence electrons. The minimum atomic E-state index is -2.51. The molecule has 0 aromatic rings. The fourth-order valence-electron chi connectivity index (χ4n) is 1.82. The lowest BCUT2D eigenvalue weighted by Gasteiger charge is -1.98. The maximum atomic E-state index is 11.6. The molecule has 0 amide bonds. The average molecular weight is 297 g/mol. The number of carboxylic acid groups (broad SMARTS) is 1. The SMILES string of the molecule is [2H]C(CCCCCC(=O)/C=C/C=C\CCCCC)C([2H])([2H])C(=O)O. The number of carbonyl (C=O) groups is 2. The van der Waals surface area contributed by atoms with E-state index in [1.54, 1.807) is 12.2 Å². The number of allylic oxidation sites excluding steroid dienone is 4. The maximum Gasteiger partial charge on any atom is 0.303 e. The van der Waals surface area contributed by atoms with E-state index >= 15 is 0 Å². The van der Waals surface area contributed by atoms with E-state index in [0.717, 1.165) is 6.42 Å². The van der Waals surface area contributed by atoms with E-state index in [1.165, 1.54) is 19.3 Å². The molecule has 0 fully saturated rings. The van der Waals surface area contributed by atoms with Crippen LogP contribution >= 0.6 is 0 Å². The number of carboxylic acids is 1. The van der Waals surface area contributed by atoms with Gasteiger partial charge in [-0.2, -0.15) is 0 Å². The Morgan fingerprint density at radius 1 is 1.05 bits per heavy atom. The molecule has 0 radical (unpaired) electrons. The third kappa shape index (κ3) is 16.6. The normalized spacial score (nSPS) is 15.8. The monoisotopic (exact) mass is 297 g/mol. The predicted molar refractivity (Wildman–Crippen MR) is 87.4 cm³/mol. The molecular formula is C18H30O3. The van der Waals surface area contributed by atoms with Crippen LogP contribution in [0.4, 0.5) is 0 Å². The molecule has 1 N–H and O–H groups in total. The van der Waals surface area contributed by atoms with Crippen molar-refractivity contribution in [1.29, 1.82) is 0 Å². The minimum absolute atomic E-state index is 0.0523. The molecule has 21 heavy (non-hydrogen) atoms. The summed E-state index contributed by atoms with van der Waals surface area (Å²) in [5.74, 6) is -1.54. The first kappa shape index (κ1) is 14.6. The highest BCUT2D eigenvalue weighted by molar-refractivity contribution is 5.89. The number of aliphatic carboxylic acids is 1. The zero-order chi connectivity index (χ0) is 18.4. The number of rotatable bonds is 14. The van der Waals surface area contributed by atoms with Crippen molar-refractivity contribution in [1.82, 2.24) is 0 Å². The summed E-state index contributed by atoms with van der Waals surface area (Å²) in [6, 6.07) is 0. The summed E-state index contributed by atoms with van der Waals surface area (Å²) >= 11 is 0. The Morgan fingerprint density at radius 3 is 2.52 bits per heavy atom. The van der Waals surface area contributed by atoms with E-state index in [2.05, 4.69) is 13.0 Å². The van der Waals surface area contributed by atoms with Gasteiger partial charge >= 0.3 is 5.97 Å². The summed E-state index contributed by atoms with van der Waals surface area (Å²) in [4.78, 5) is 22.3. The number of carbonyl (C=O) groups excluding carboxylic acids is 1. The van der Waals surface area contributed by atoms with Crippen LogP contribution in [0.3, 0.4) is 0 Å². The first-order chi connectivity index (χ1) is 11.3. The van der Waals surface area contributed by atoms with Gasteiger partial charge in [-0.1, -0.05) is 57.3 Å². The molecule has 0 heterocycles. The standard InChI is InChI=1S/C18H30O3/c1-2-3-4-5-6-8-11-14-17(19)15-12-9-7-10-13-16-18(20)21/h6,8,11,14H,2-5,7,9-10,12-13,15-16H2,1H3,(H,20,21)/b8-6-,14-11+/i13D,16D2. The molecule has 3 heteroatoms. The Balaban J connectivity index is 3.77. The highest BCUT2D eigenvalue weighted by Crippen LogP contribution is 2.08. The molecule has 0 saturated heterocycles. The van der Waals surface area contributed by atoms with Gasteiger partial charge in [0.15, 0.2) is 5.78 Å². The van der Waals surface area contributed by atoms with Crippen LogP contribution in [0.1, 0.15) is 81.6 Å². The molecule has 0 aliphatic carbocycles. The van der Waals surface area contributed by atoms with Gasteiger partial charge < -0.3 is 5.11 Å². The average Bonchev–Trinajstić information content (AvgIpc) is 2.53. The third-order valence-corrected chi connectivity index (χ3v) is 3.00. The van der Waals surface area contributed by atoms with E-state index in [0.29, 0.717) is 25.7 Å². The highest BCUT2D eigenvalue weighted by Gasteiger charge is 1.98. The van der Waals surface area contributed by atoms with Crippen molar-refractivity contribution in [2.75, 3.05) is 0 Å². The third-order valence-electron chi connectivity index (χ3n) is 3.00. The summed E-state index contributed by atoms with van der Waals surface area (Å²) in [6.07, 6.45) is 10.6. The second kappa shape index (κ2) is 15.0. The molecule has 0 aliphatic rings. The lowest BCUT2D eigenvalue weighted by atomic mass is 10.1. The molecule has 0 spiro atoms. The summed E-state index contributed by atoms with van der Waals surface area (Å²) in [5.41, 5.74) is 0. The van der Waals surface area contributed by atoms with E-state index in [-0.39, 0.29) is 12.2 Å². The van der Waals surface area contributed by atoms with Crippen LogP contribution < -0.4 is 0 Å². The fourth-order valence-corrected chi connectivity index (χ4v) is 1.82. The zero-order valence-electron chi connectivity index (χ0n) is 16.0. The van der Waals surface area contributed by atoms with Gasteiger partial charge in [-0.15, -0.1) is 0 Å². The Kier molecular flexibility index (Phi) is 10.4. The molecule has 0 aromatic heterocycles. The largest absolute Gasteiger partial charge is 0.481 e. The van der Waals surface area contributed by atoms with Crippen molar-refractivity contribution >= 4 is 11.8 Å². The van der Waals surface area contributed by atoms with Gasteiger partial charge in [0.25, 0.3) is 0 Å². The van der Waals surface area contributed by atoms with Gasteiger partial charge in [0.1, 0.15) is 0 Å². The molecule has 0 aliphatic heterocycles. The first-order valence-corrected chi connectivity index (χ1v) is 7.84. The van der Waals surface area contributed by atoms with Crippen LogP contribution in [0.25, 0.3) is 0 Å². The number of hydrogen-bond acceptors (Lipinski definition) is 2. The Bertz CT molecular complexity index is 431. The lowest BCUT2D eigenvalue weighted by molar-refractivity contribution is -0.137. The van der Waals surface area contributed by atoms with Crippen LogP contribution in [-0.4, -0.2) is 16.9 Å². The molecular weight excluding hydrogens is 264 g/mol. The molecule has 1 atom stereocenters. The maximum absolute atomic E-state index is 11.6. The van der Waals surface area contributed by atoms with Crippen LogP contribution in [0.2, 0.25) is 0 Å². The topological polar surface area (TPSA) is 54.4 Å².